The van der Waals surface area contributed by atoms with E-state index in [4.69, 9.17) is 4.42 Å². The molecule has 1 aliphatic carbocycles. The first-order chi connectivity index (χ1) is 10.3. The molecule has 0 unspecified atom stereocenters. The molecule has 1 fully saturated rings. The first-order valence-electron chi connectivity index (χ1n) is 8.04. The van der Waals surface area contributed by atoms with E-state index in [2.05, 4.69) is 34.5 Å². The van der Waals surface area contributed by atoms with Crippen molar-refractivity contribution in [2.45, 2.75) is 45.2 Å². The van der Waals surface area contributed by atoms with Gasteiger partial charge in [-0.25, -0.2) is 4.99 Å². The lowest BCUT2D eigenvalue weighted by Gasteiger charge is -2.24. The van der Waals surface area contributed by atoms with E-state index in [0.29, 0.717) is 6.54 Å². The minimum Gasteiger partial charge on any atom is -0.467 e. The molecular formula is C16H29IN4O. The second kappa shape index (κ2) is 10.9. The average Bonchev–Trinajstić information content (AvgIpc) is 3.17. The zero-order chi connectivity index (χ0) is 14.9. The van der Waals surface area contributed by atoms with Gasteiger partial charge in [-0.15, -0.1) is 24.0 Å². The van der Waals surface area contributed by atoms with Gasteiger partial charge < -0.3 is 20.0 Å². The van der Waals surface area contributed by atoms with Crippen molar-refractivity contribution in [3.05, 3.63) is 24.2 Å². The summed E-state index contributed by atoms with van der Waals surface area (Å²) >= 11 is 0. The minimum absolute atomic E-state index is 0. The van der Waals surface area contributed by atoms with Gasteiger partial charge in [0.1, 0.15) is 12.3 Å². The van der Waals surface area contributed by atoms with Gasteiger partial charge in [-0.05, 0) is 38.9 Å². The maximum absolute atomic E-state index is 5.30. The molecule has 0 amide bonds. The molecule has 1 heterocycles. The molecule has 126 valence electrons. The Morgan fingerprint density at radius 3 is 2.77 bits per heavy atom. The van der Waals surface area contributed by atoms with Crippen molar-refractivity contribution >= 4 is 29.9 Å². The molecule has 1 saturated carbocycles. The van der Waals surface area contributed by atoms with Crippen LogP contribution in [0, 0.1) is 0 Å². The van der Waals surface area contributed by atoms with Gasteiger partial charge in [0.05, 0.1) is 6.26 Å². The van der Waals surface area contributed by atoms with Crippen LogP contribution in [0.4, 0.5) is 0 Å². The molecular weight excluding hydrogens is 391 g/mol. The van der Waals surface area contributed by atoms with E-state index < -0.39 is 0 Å². The third-order valence-corrected chi connectivity index (χ3v) is 4.02. The first-order valence-corrected chi connectivity index (χ1v) is 8.04. The van der Waals surface area contributed by atoms with Crippen LogP contribution in [-0.2, 0) is 6.54 Å². The summed E-state index contributed by atoms with van der Waals surface area (Å²) in [5.41, 5.74) is 0. The van der Waals surface area contributed by atoms with E-state index in [0.717, 1.165) is 37.4 Å². The fourth-order valence-corrected chi connectivity index (χ4v) is 2.78. The number of nitrogens with zero attached hydrogens (tertiary/aromatic N) is 2. The number of hydrogen-bond donors (Lipinski definition) is 2. The Kier molecular flexibility index (Phi) is 9.54. The lowest BCUT2D eigenvalue weighted by atomic mass is 10.2. The minimum atomic E-state index is 0. The molecule has 0 aliphatic heterocycles. The molecule has 0 spiro atoms. The Labute approximate surface area is 150 Å². The van der Waals surface area contributed by atoms with Crippen molar-refractivity contribution in [1.82, 2.24) is 15.5 Å². The van der Waals surface area contributed by atoms with Gasteiger partial charge in [-0.3, -0.25) is 0 Å². The van der Waals surface area contributed by atoms with Gasteiger partial charge >= 0.3 is 0 Å². The number of halogens is 1. The molecule has 5 nitrogen and oxygen atoms in total. The Bertz CT molecular complexity index is 416. The predicted molar refractivity (Wildman–Crippen MR) is 102 cm³/mol. The molecule has 0 atom stereocenters. The standard InChI is InChI=1S/C16H28N4O.HI/c1-3-17-16(19-13-15-9-6-12-21-15)18-10-11-20(2)14-7-4-5-8-14;/h6,9,12,14H,3-5,7-8,10-11,13H2,1-2H3,(H2,17,18,19);1H. The quantitative estimate of drug-likeness (QED) is 0.405. The SMILES string of the molecule is CCNC(=NCc1ccco1)NCCN(C)C1CCCC1.I. The van der Waals surface area contributed by atoms with Gasteiger partial charge in [-0.2, -0.15) is 0 Å². The van der Waals surface area contributed by atoms with E-state index in [-0.39, 0.29) is 24.0 Å². The number of hydrogen-bond acceptors (Lipinski definition) is 3. The second-order valence-corrected chi connectivity index (χ2v) is 5.62. The Morgan fingerprint density at radius 1 is 1.36 bits per heavy atom. The summed E-state index contributed by atoms with van der Waals surface area (Å²) < 4.78 is 5.30. The van der Waals surface area contributed by atoms with E-state index in [1.807, 2.05) is 12.1 Å². The zero-order valence-electron chi connectivity index (χ0n) is 13.7. The predicted octanol–water partition coefficient (Wildman–Crippen LogP) is 2.83. The first kappa shape index (κ1) is 19.3. The smallest absolute Gasteiger partial charge is 0.191 e. The summed E-state index contributed by atoms with van der Waals surface area (Å²) in [6, 6.07) is 4.61. The average molecular weight is 420 g/mol. The van der Waals surface area contributed by atoms with Gasteiger partial charge in [0.2, 0.25) is 0 Å². The number of nitrogens with one attached hydrogen (secondary N) is 2. The van der Waals surface area contributed by atoms with Crippen LogP contribution in [0.1, 0.15) is 38.4 Å². The molecule has 0 aromatic carbocycles. The number of guanidine groups is 1. The Balaban J connectivity index is 0.00000242. The molecule has 2 N–H and O–H groups in total. The molecule has 1 aromatic rings. The molecule has 2 rings (SSSR count). The van der Waals surface area contributed by atoms with E-state index in [1.165, 1.54) is 25.7 Å². The highest BCUT2D eigenvalue weighted by molar-refractivity contribution is 14.0. The Morgan fingerprint density at radius 2 is 2.14 bits per heavy atom. The van der Waals surface area contributed by atoms with Crippen molar-refractivity contribution in [3.63, 3.8) is 0 Å². The third kappa shape index (κ3) is 6.56. The molecule has 0 radical (unpaired) electrons. The van der Waals surface area contributed by atoms with Gasteiger partial charge in [-0.1, -0.05) is 12.8 Å². The molecule has 0 saturated heterocycles. The summed E-state index contributed by atoms with van der Waals surface area (Å²) in [6.45, 7) is 5.48. The number of aliphatic imine (C=N–C) groups is 1. The molecule has 1 aromatic heterocycles. The van der Waals surface area contributed by atoms with Crippen molar-refractivity contribution in [1.29, 1.82) is 0 Å². The molecule has 22 heavy (non-hydrogen) atoms. The third-order valence-electron chi connectivity index (χ3n) is 4.02. The highest BCUT2D eigenvalue weighted by atomic mass is 127. The second-order valence-electron chi connectivity index (χ2n) is 5.62. The maximum Gasteiger partial charge on any atom is 0.191 e. The monoisotopic (exact) mass is 420 g/mol. The van der Waals surface area contributed by atoms with Crippen molar-refractivity contribution in [2.24, 2.45) is 4.99 Å². The zero-order valence-corrected chi connectivity index (χ0v) is 16.0. The molecule has 6 heteroatoms. The fourth-order valence-electron chi connectivity index (χ4n) is 2.78. The van der Waals surface area contributed by atoms with Crippen LogP contribution in [0.15, 0.2) is 27.8 Å². The highest BCUT2D eigenvalue weighted by Gasteiger charge is 2.18. The van der Waals surface area contributed by atoms with Crippen LogP contribution in [0.5, 0.6) is 0 Å². The van der Waals surface area contributed by atoms with E-state index >= 15 is 0 Å². The van der Waals surface area contributed by atoms with Crippen LogP contribution in [0.3, 0.4) is 0 Å². The summed E-state index contributed by atoms with van der Waals surface area (Å²) in [4.78, 5) is 7.00. The summed E-state index contributed by atoms with van der Waals surface area (Å²) in [7, 11) is 2.23. The summed E-state index contributed by atoms with van der Waals surface area (Å²) in [6.07, 6.45) is 7.15. The number of likely N-dealkylation sites (N-methyl/N-ethyl adjacent to an activating group) is 1. The summed E-state index contributed by atoms with van der Waals surface area (Å²) in [5.74, 6) is 1.74. The van der Waals surface area contributed by atoms with Crippen molar-refractivity contribution in [3.8, 4) is 0 Å². The van der Waals surface area contributed by atoms with E-state index in [9.17, 15) is 0 Å². The van der Waals surface area contributed by atoms with E-state index in [1.54, 1.807) is 6.26 Å². The van der Waals surface area contributed by atoms with Crippen LogP contribution in [0.25, 0.3) is 0 Å². The van der Waals surface area contributed by atoms with Crippen LogP contribution >= 0.6 is 24.0 Å². The van der Waals surface area contributed by atoms with Crippen LogP contribution < -0.4 is 10.6 Å². The summed E-state index contributed by atoms with van der Waals surface area (Å²) in [5, 5.41) is 6.66. The fraction of sp³-hybridized carbons (Fsp3) is 0.688. The maximum atomic E-state index is 5.30. The highest BCUT2D eigenvalue weighted by Crippen LogP contribution is 2.21. The largest absolute Gasteiger partial charge is 0.467 e. The van der Waals surface area contributed by atoms with Crippen LogP contribution in [-0.4, -0.2) is 43.6 Å². The number of furan rings is 1. The molecule has 0 bridgehead atoms. The number of rotatable bonds is 7. The normalized spacial score (nSPS) is 15.9. The van der Waals surface area contributed by atoms with Crippen LogP contribution in [0.2, 0.25) is 0 Å². The molecule has 1 aliphatic rings. The van der Waals surface area contributed by atoms with Gasteiger partial charge in [0, 0.05) is 25.7 Å². The lowest BCUT2D eigenvalue weighted by Crippen LogP contribution is -2.42. The Hall–Kier alpha value is -0.760. The van der Waals surface area contributed by atoms with Crippen molar-refractivity contribution in [2.75, 3.05) is 26.7 Å². The van der Waals surface area contributed by atoms with Gasteiger partial charge in [0.25, 0.3) is 0 Å². The van der Waals surface area contributed by atoms with Crippen molar-refractivity contribution < 1.29 is 4.42 Å². The topological polar surface area (TPSA) is 52.8 Å². The van der Waals surface area contributed by atoms with Gasteiger partial charge in [0.15, 0.2) is 5.96 Å². The lowest BCUT2D eigenvalue weighted by molar-refractivity contribution is 0.249.